The average molecular weight is 235 g/mol. The smallest absolute Gasteiger partial charge is 0.429 e. The fraction of sp³-hybridized carbons (Fsp3) is 0.778. The number of nitrogens with zero attached hydrogens (tertiary/aromatic N) is 1. The number of aliphatic carboxylic acids is 1. The molecule has 0 radical (unpaired) electrons. The van der Waals surface area contributed by atoms with Gasteiger partial charge in [-0.15, -0.1) is 0 Å². The summed E-state index contributed by atoms with van der Waals surface area (Å²) < 4.78 is 11.4. The highest BCUT2D eigenvalue weighted by Crippen LogP contribution is 2.04. The SMILES string of the molecule is CCN(CC)C(=O)[S+]([O-])CCCC(=O)O. The van der Waals surface area contributed by atoms with Crippen molar-refractivity contribution in [1.29, 1.82) is 0 Å². The number of carboxylic acid groups (broad SMARTS) is 1. The predicted molar refractivity (Wildman–Crippen MR) is 58.2 cm³/mol. The van der Waals surface area contributed by atoms with Crippen LogP contribution in [0.3, 0.4) is 0 Å². The molecule has 0 heterocycles. The average Bonchev–Trinajstić information content (AvgIpc) is 2.18. The molecular weight excluding hydrogens is 218 g/mol. The summed E-state index contributed by atoms with van der Waals surface area (Å²) in [7, 11) is 0. The molecule has 0 rings (SSSR count). The molecule has 0 bridgehead atoms. The predicted octanol–water partition coefficient (Wildman–Crippen LogP) is 1.06. The highest BCUT2D eigenvalue weighted by molar-refractivity contribution is 8.05. The third kappa shape index (κ3) is 5.64. The van der Waals surface area contributed by atoms with Crippen molar-refractivity contribution < 1.29 is 19.2 Å². The zero-order chi connectivity index (χ0) is 11.8. The van der Waals surface area contributed by atoms with Gasteiger partial charge in [0, 0.05) is 37.1 Å². The number of carboxylic acids is 1. The molecular formula is C9H17NO4S. The molecule has 6 heteroatoms. The van der Waals surface area contributed by atoms with Gasteiger partial charge in [-0.25, -0.2) is 4.79 Å². The summed E-state index contributed by atoms with van der Waals surface area (Å²) in [5.74, 6) is -0.802. The van der Waals surface area contributed by atoms with Crippen LogP contribution >= 0.6 is 0 Å². The number of hydrogen-bond acceptors (Lipinski definition) is 3. The van der Waals surface area contributed by atoms with Crippen LogP contribution in [0.5, 0.6) is 0 Å². The van der Waals surface area contributed by atoms with E-state index in [0.29, 0.717) is 13.1 Å². The molecule has 0 fully saturated rings. The largest absolute Gasteiger partial charge is 0.608 e. The van der Waals surface area contributed by atoms with Crippen LogP contribution in [0, 0.1) is 0 Å². The Hall–Kier alpha value is -0.750. The molecule has 0 saturated carbocycles. The number of hydrogen-bond donors (Lipinski definition) is 1. The lowest BCUT2D eigenvalue weighted by Gasteiger charge is -2.18. The van der Waals surface area contributed by atoms with E-state index in [-0.39, 0.29) is 18.6 Å². The van der Waals surface area contributed by atoms with E-state index in [4.69, 9.17) is 5.11 Å². The van der Waals surface area contributed by atoms with Gasteiger partial charge >= 0.3 is 11.2 Å². The molecule has 0 aromatic heterocycles. The van der Waals surface area contributed by atoms with Gasteiger partial charge in [-0.1, -0.05) is 0 Å². The Labute approximate surface area is 92.6 Å². The van der Waals surface area contributed by atoms with E-state index in [1.807, 2.05) is 13.8 Å². The highest BCUT2D eigenvalue weighted by Gasteiger charge is 2.23. The second-order valence-electron chi connectivity index (χ2n) is 2.99. The topological polar surface area (TPSA) is 80.7 Å². The third-order valence-corrected chi connectivity index (χ3v) is 3.24. The molecule has 0 aromatic carbocycles. The highest BCUT2D eigenvalue weighted by atomic mass is 32.2. The molecule has 88 valence electrons. The summed E-state index contributed by atoms with van der Waals surface area (Å²) in [5, 5.41) is 7.97. The summed E-state index contributed by atoms with van der Waals surface area (Å²) in [5.41, 5.74) is 0. The van der Waals surface area contributed by atoms with Crippen molar-refractivity contribution in [3.05, 3.63) is 0 Å². The Morgan fingerprint density at radius 3 is 2.27 bits per heavy atom. The Morgan fingerprint density at radius 2 is 1.87 bits per heavy atom. The van der Waals surface area contributed by atoms with Crippen LogP contribution in [0.15, 0.2) is 0 Å². The van der Waals surface area contributed by atoms with E-state index in [9.17, 15) is 14.1 Å². The van der Waals surface area contributed by atoms with Gasteiger partial charge < -0.3 is 9.66 Å². The van der Waals surface area contributed by atoms with Crippen LogP contribution < -0.4 is 0 Å². The number of amides is 1. The minimum atomic E-state index is -1.59. The van der Waals surface area contributed by atoms with Gasteiger partial charge in [-0.05, 0) is 13.8 Å². The third-order valence-electron chi connectivity index (χ3n) is 1.94. The van der Waals surface area contributed by atoms with E-state index >= 15 is 0 Å². The van der Waals surface area contributed by atoms with E-state index in [2.05, 4.69) is 0 Å². The van der Waals surface area contributed by atoms with Crippen LogP contribution in [-0.2, 0) is 16.0 Å². The quantitative estimate of drug-likeness (QED) is 0.698. The lowest BCUT2D eigenvalue weighted by molar-refractivity contribution is -0.137. The van der Waals surface area contributed by atoms with E-state index in [0.717, 1.165) is 0 Å². The summed E-state index contributed by atoms with van der Waals surface area (Å²) in [6.07, 6.45) is 0.228. The van der Waals surface area contributed by atoms with Gasteiger partial charge in [0.05, 0.1) is 0 Å². The van der Waals surface area contributed by atoms with Crippen molar-refractivity contribution in [1.82, 2.24) is 4.90 Å². The van der Waals surface area contributed by atoms with Crippen LogP contribution in [0.25, 0.3) is 0 Å². The van der Waals surface area contributed by atoms with Crippen molar-refractivity contribution >= 4 is 22.4 Å². The molecule has 1 unspecified atom stereocenters. The molecule has 5 nitrogen and oxygen atoms in total. The van der Waals surface area contributed by atoms with E-state index in [1.54, 1.807) is 0 Å². The molecule has 0 aliphatic rings. The van der Waals surface area contributed by atoms with Crippen LogP contribution in [0.2, 0.25) is 0 Å². The standard InChI is InChI=1S/C9H17NO4S/c1-3-10(4-2)9(13)15(14)7-5-6-8(11)12/h3-7H2,1-2H3,(H,11,12). The summed E-state index contributed by atoms with van der Waals surface area (Å²) in [6, 6.07) is 0. The number of rotatable bonds is 6. The molecule has 0 aromatic rings. The first-order valence-electron chi connectivity index (χ1n) is 4.92. The van der Waals surface area contributed by atoms with Crippen LogP contribution in [-0.4, -0.2) is 44.6 Å². The first-order chi connectivity index (χ1) is 7.02. The van der Waals surface area contributed by atoms with Crippen LogP contribution in [0.4, 0.5) is 4.79 Å². The lowest BCUT2D eigenvalue weighted by atomic mass is 10.3. The summed E-state index contributed by atoms with van der Waals surface area (Å²) >= 11 is -1.59. The molecule has 1 amide bonds. The molecule has 0 aliphatic heterocycles. The molecule has 0 aliphatic carbocycles. The van der Waals surface area contributed by atoms with Crippen molar-refractivity contribution in [2.24, 2.45) is 0 Å². The van der Waals surface area contributed by atoms with Crippen molar-refractivity contribution in [3.8, 4) is 0 Å². The van der Waals surface area contributed by atoms with Gasteiger partial charge in [0.1, 0.15) is 5.75 Å². The van der Waals surface area contributed by atoms with Gasteiger partial charge in [-0.2, -0.15) is 0 Å². The second kappa shape index (κ2) is 7.53. The van der Waals surface area contributed by atoms with Gasteiger partial charge in [0.2, 0.25) is 0 Å². The first kappa shape index (κ1) is 14.2. The normalized spacial score (nSPS) is 12.2. The Bertz CT molecular complexity index is 218. The molecule has 1 atom stereocenters. The molecule has 0 saturated heterocycles. The van der Waals surface area contributed by atoms with Crippen LogP contribution in [0.1, 0.15) is 26.7 Å². The minimum absolute atomic E-state index is 0.0444. The maximum absolute atomic E-state index is 11.5. The second-order valence-corrected chi connectivity index (χ2v) is 4.43. The maximum atomic E-state index is 11.5. The maximum Gasteiger partial charge on any atom is 0.429 e. The first-order valence-corrected chi connectivity index (χ1v) is 6.23. The lowest BCUT2D eigenvalue weighted by Crippen LogP contribution is -2.36. The zero-order valence-electron chi connectivity index (χ0n) is 9.06. The number of carbonyl (C=O) groups excluding carboxylic acids is 1. The fourth-order valence-corrected chi connectivity index (χ4v) is 2.19. The Morgan fingerprint density at radius 1 is 1.33 bits per heavy atom. The van der Waals surface area contributed by atoms with Crippen molar-refractivity contribution in [3.63, 3.8) is 0 Å². The van der Waals surface area contributed by atoms with Gasteiger partial charge in [0.25, 0.3) is 0 Å². The molecule has 0 spiro atoms. The van der Waals surface area contributed by atoms with Crippen molar-refractivity contribution in [2.45, 2.75) is 26.7 Å². The molecule has 15 heavy (non-hydrogen) atoms. The van der Waals surface area contributed by atoms with Crippen molar-refractivity contribution in [2.75, 3.05) is 18.8 Å². The van der Waals surface area contributed by atoms with E-state index in [1.165, 1.54) is 4.90 Å². The van der Waals surface area contributed by atoms with Gasteiger partial charge in [0.15, 0.2) is 0 Å². The fourth-order valence-electron chi connectivity index (χ4n) is 1.07. The summed E-state index contributed by atoms with van der Waals surface area (Å²) in [4.78, 5) is 23.1. The number of carbonyl (C=O) groups is 2. The van der Waals surface area contributed by atoms with E-state index < -0.39 is 22.4 Å². The van der Waals surface area contributed by atoms with Gasteiger partial charge in [-0.3, -0.25) is 9.69 Å². The zero-order valence-corrected chi connectivity index (χ0v) is 9.88. The monoisotopic (exact) mass is 235 g/mol. The molecule has 1 N–H and O–H groups in total. The Kier molecular flexibility index (Phi) is 7.15. The summed E-state index contributed by atoms with van der Waals surface area (Å²) in [6.45, 7) is 4.69. The Balaban J connectivity index is 3.92. The minimum Gasteiger partial charge on any atom is -0.608 e.